The van der Waals surface area contributed by atoms with Gasteiger partial charge in [0.2, 0.25) is 5.88 Å². The second-order valence-electron chi connectivity index (χ2n) is 5.49. The number of rotatable bonds is 3. The van der Waals surface area contributed by atoms with E-state index in [0.29, 0.717) is 34.1 Å². The number of aryl methyl sites for hydroxylation is 1. The van der Waals surface area contributed by atoms with Crippen molar-refractivity contribution in [2.24, 2.45) is 5.73 Å². The minimum absolute atomic E-state index is 0.0721. The molecule has 0 radical (unpaired) electrons. The molecule has 1 aliphatic rings. The molecule has 0 fully saturated rings. The van der Waals surface area contributed by atoms with Crippen LogP contribution >= 0.6 is 0 Å². The second kappa shape index (κ2) is 6.29. The number of fused-ring (bicyclic) bond motifs is 1. The molecule has 1 aromatic heterocycles. The summed E-state index contributed by atoms with van der Waals surface area (Å²) in [6.45, 7) is 1.66. The van der Waals surface area contributed by atoms with E-state index in [4.69, 9.17) is 30.8 Å². The third-order valence-electron chi connectivity index (χ3n) is 4.04. The van der Waals surface area contributed by atoms with E-state index in [1.54, 1.807) is 38.3 Å². The SMILES string of the molecule is C#CC1=C(N)Oc2cc(C)oc(=O)c2[C@@H]1c1ccc(OC)cc1OC. The fourth-order valence-electron chi connectivity index (χ4n) is 2.92. The average molecular weight is 339 g/mol. The van der Waals surface area contributed by atoms with Gasteiger partial charge in [0.25, 0.3) is 0 Å². The Morgan fingerprint density at radius 1 is 1.24 bits per heavy atom. The number of hydrogen-bond acceptors (Lipinski definition) is 6. The van der Waals surface area contributed by atoms with Crippen LogP contribution in [0, 0.1) is 19.3 Å². The Labute approximate surface area is 144 Å². The lowest BCUT2D eigenvalue weighted by molar-refractivity contribution is 0.366. The maximum absolute atomic E-state index is 12.5. The van der Waals surface area contributed by atoms with Crippen molar-refractivity contribution in [3.8, 4) is 29.6 Å². The van der Waals surface area contributed by atoms with E-state index >= 15 is 0 Å². The highest BCUT2D eigenvalue weighted by Gasteiger charge is 2.35. The van der Waals surface area contributed by atoms with Crippen molar-refractivity contribution in [2.75, 3.05) is 14.2 Å². The predicted octanol–water partition coefficient (Wildman–Crippen LogP) is 2.29. The van der Waals surface area contributed by atoms with Crippen molar-refractivity contribution in [1.82, 2.24) is 0 Å². The molecule has 0 saturated carbocycles. The van der Waals surface area contributed by atoms with Gasteiger partial charge in [0, 0.05) is 17.7 Å². The number of ether oxygens (including phenoxy) is 3. The van der Waals surface area contributed by atoms with Crippen molar-refractivity contribution in [3.63, 3.8) is 0 Å². The number of nitrogens with two attached hydrogens (primary N) is 1. The molecule has 0 saturated heterocycles. The van der Waals surface area contributed by atoms with Gasteiger partial charge in [-0.3, -0.25) is 0 Å². The zero-order valence-electron chi connectivity index (χ0n) is 14.1. The van der Waals surface area contributed by atoms with Gasteiger partial charge in [-0.1, -0.05) is 12.0 Å². The fraction of sp³-hybridized carbons (Fsp3) is 0.211. The van der Waals surface area contributed by atoms with Gasteiger partial charge in [0.15, 0.2) is 0 Å². The molecule has 3 rings (SSSR count). The molecule has 0 unspecified atom stereocenters. The van der Waals surface area contributed by atoms with Crippen LogP contribution in [0.25, 0.3) is 0 Å². The Bertz CT molecular complexity index is 965. The van der Waals surface area contributed by atoms with Crippen LogP contribution in [0.4, 0.5) is 0 Å². The lowest BCUT2D eigenvalue weighted by Crippen LogP contribution is -2.26. The summed E-state index contributed by atoms with van der Waals surface area (Å²) in [5.74, 6) is 3.84. The quantitative estimate of drug-likeness (QED) is 0.864. The zero-order valence-corrected chi connectivity index (χ0v) is 14.1. The van der Waals surface area contributed by atoms with Crippen LogP contribution in [0.3, 0.4) is 0 Å². The van der Waals surface area contributed by atoms with Crippen LogP contribution in [0.2, 0.25) is 0 Å². The first kappa shape index (κ1) is 16.5. The normalized spacial score (nSPS) is 15.8. The molecule has 128 valence electrons. The van der Waals surface area contributed by atoms with E-state index in [1.807, 2.05) is 0 Å². The van der Waals surface area contributed by atoms with Gasteiger partial charge >= 0.3 is 5.63 Å². The molecule has 2 heterocycles. The molecule has 6 heteroatoms. The van der Waals surface area contributed by atoms with E-state index in [9.17, 15) is 4.79 Å². The minimum Gasteiger partial charge on any atom is -0.497 e. The van der Waals surface area contributed by atoms with Crippen molar-refractivity contribution in [3.05, 3.63) is 63.0 Å². The minimum atomic E-state index is -0.633. The Hall–Kier alpha value is -3.33. The first-order valence-electron chi connectivity index (χ1n) is 7.50. The van der Waals surface area contributed by atoms with Gasteiger partial charge in [0.1, 0.15) is 23.0 Å². The molecule has 2 N–H and O–H groups in total. The largest absolute Gasteiger partial charge is 0.497 e. The van der Waals surface area contributed by atoms with Crippen molar-refractivity contribution in [1.29, 1.82) is 0 Å². The smallest absolute Gasteiger partial charge is 0.343 e. The molecule has 0 bridgehead atoms. The number of allylic oxidation sites excluding steroid dienone is 1. The summed E-state index contributed by atoms with van der Waals surface area (Å²) in [7, 11) is 3.08. The Morgan fingerprint density at radius 2 is 2.00 bits per heavy atom. The average Bonchev–Trinajstić information content (AvgIpc) is 2.59. The fourth-order valence-corrected chi connectivity index (χ4v) is 2.92. The summed E-state index contributed by atoms with van der Waals surface area (Å²) in [6, 6.07) is 6.86. The Morgan fingerprint density at radius 3 is 2.64 bits per heavy atom. The molecule has 0 amide bonds. The van der Waals surface area contributed by atoms with Gasteiger partial charge in [-0.15, -0.1) is 6.42 Å². The summed E-state index contributed by atoms with van der Waals surface area (Å²) in [5, 5.41) is 0. The predicted molar refractivity (Wildman–Crippen MR) is 91.8 cm³/mol. The summed E-state index contributed by atoms with van der Waals surface area (Å²) in [4.78, 5) is 12.5. The number of methoxy groups -OCH3 is 2. The standard InChI is InChI=1S/C19H17NO5/c1-5-12-16(13-7-6-11(22-3)9-14(13)23-4)17-15(25-18(12)20)8-10(2)24-19(17)21/h1,6-9,16H,20H2,2-4H3/t16-/m0/s1. The summed E-state index contributed by atoms with van der Waals surface area (Å²) < 4.78 is 21.5. The molecular formula is C19H17NO5. The molecule has 0 spiro atoms. The van der Waals surface area contributed by atoms with E-state index in [0.717, 1.165) is 0 Å². The highest BCUT2D eigenvalue weighted by molar-refractivity contribution is 5.59. The molecule has 6 nitrogen and oxygen atoms in total. The van der Waals surface area contributed by atoms with Crippen molar-refractivity contribution < 1.29 is 18.6 Å². The van der Waals surface area contributed by atoms with E-state index < -0.39 is 11.5 Å². The number of benzene rings is 1. The molecule has 1 atom stereocenters. The topological polar surface area (TPSA) is 83.9 Å². The van der Waals surface area contributed by atoms with E-state index in [-0.39, 0.29) is 11.4 Å². The Kier molecular flexibility index (Phi) is 4.15. The monoisotopic (exact) mass is 339 g/mol. The van der Waals surface area contributed by atoms with E-state index in [2.05, 4.69) is 5.92 Å². The lowest BCUT2D eigenvalue weighted by atomic mass is 9.83. The molecule has 1 aromatic carbocycles. The van der Waals surface area contributed by atoms with Crippen LogP contribution in [-0.4, -0.2) is 14.2 Å². The van der Waals surface area contributed by atoms with Gasteiger partial charge in [-0.05, 0) is 13.0 Å². The maximum Gasteiger partial charge on any atom is 0.343 e. The van der Waals surface area contributed by atoms with E-state index in [1.165, 1.54) is 7.11 Å². The van der Waals surface area contributed by atoms with Crippen LogP contribution in [0.1, 0.15) is 22.8 Å². The lowest BCUT2D eigenvalue weighted by Gasteiger charge is -2.27. The van der Waals surface area contributed by atoms with Crippen LogP contribution in [-0.2, 0) is 0 Å². The van der Waals surface area contributed by atoms with Crippen LogP contribution in [0.5, 0.6) is 17.2 Å². The summed E-state index contributed by atoms with van der Waals surface area (Å²) in [5.41, 5.74) is 6.76. The zero-order chi connectivity index (χ0) is 18.1. The van der Waals surface area contributed by atoms with Crippen LogP contribution < -0.4 is 25.6 Å². The van der Waals surface area contributed by atoms with Gasteiger partial charge in [-0.2, -0.15) is 0 Å². The number of hydrogen-bond donors (Lipinski definition) is 1. The van der Waals surface area contributed by atoms with Gasteiger partial charge in [-0.25, -0.2) is 4.79 Å². The second-order valence-corrected chi connectivity index (χ2v) is 5.49. The van der Waals surface area contributed by atoms with Gasteiger partial charge < -0.3 is 24.4 Å². The molecule has 25 heavy (non-hydrogen) atoms. The maximum atomic E-state index is 12.5. The summed E-state index contributed by atoms with van der Waals surface area (Å²) >= 11 is 0. The Balaban J connectivity index is 2.32. The highest BCUT2D eigenvalue weighted by Crippen LogP contribution is 2.44. The van der Waals surface area contributed by atoms with Gasteiger partial charge in [0.05, 0.1) is 31.3 Å². The third-order valence-corrected chi connectivity index (χ3v) is 4.04. The molecular weight excluding hydrogens is 322 g/mol. The summed E-state index contributed by atoms with van der Waals surface area (Å²) in [6.07, 6.45) is 5.64. The van der Waals surface area contributed by atoms with Crippen molar-refractivity contribution >= 4 is 0 Å². The highest BCUT2D eigenvalue weighted by atomic mass is 16.5. The third kappa shape index (κ3) is 2.70. The first-order chi connectivity index (χ1) is 12.0. The molecule has 0 aliphatic carbocycles. The first-order valence-corrected chi connectivity index (χ1v) is 7.50. The molecule has 2 aromatic rings. The van der Waals surface area contributed by atoms with Crippen molar-refractivity contribution in [2.45, 2.75) is 12.8 Å². The number of terminal acetylenes is 1. The molecule has 1 aliphatic heterocycles. The van der Waals surface area contributed by atoms with Crippen LogP contribution in [0.15, 0.2) is 44.9 Å².